The zero-order valence-electron chi connectivity index (χ0n) is 15.6. The molecule has 0 spiro atoms. The van der Waals surface area contributed by atoms with Gasteiger partial charge in [-0.05, 0) is 43.2 Å². The molecular weight excluding hydrogens is 360 g/mol. The summed E-state index contributed by atoms with van der Waals surface area (Å²) in [5, 5.41) is 2.81. The van der Waals surface area contributed by atoms with Crippen LogP contribution in [-0.2, 0) is 10.3 Å². The van der Waals surface area contributed by atoms with Crippen LogP contribution in [0.4, 0.5) is 4.79 Å². The Hall–Kier alpha value is -3.22. The third-order valence-corrected chi connectivity index (χ3v) is 4.93. The van der Waals surface area contributed by atoms with Gasteiger partial charge in [0.1, 0.15) is 24.5 Å². The van der Waals surface area contributed by atoms with E-state index in [0.29, 0.717) is 43.3 Å². The fourth-order valence-electron chi connectivity index (χ4n) is 3.38. The molecule has 146 valence electrons. The van der Waals surface area contributed by atoms with Crippen molar-refractivity contribution in [2.45, 2.75) is 18.9 Å². The highest BCUT2D eigenvalue weighted by molar-refractivity contribution is 6.07. The van der Waals surface area contributed by atoms with Crippen LogP contribution in [0.5, 0.6) is 17.2 Å². The minimum absolute atomic E-state index is 0.283. The summed E-state index contributed by atoms with van der Waals surface area (Å²) in [5.74, 6) is 1.71. The van der Waals surface area contributed by atoms with Gasteiger partial charge < -0.3 is 19.5 Å². The molecule has 3 amide bonds. The molecule has 1 atom stereocenters. The number of ether oxygens (including phenoxy) is 3. The number of amides is 3. The molecule has 1 N–H and O–H groups in total. The number of hydrogen-bond acceptors (Lipinski definition) is 5. The van der Waals surface area contributed by atoms with E-state index < -0.39 is 11.6 Å². The molecule has 0 radical (unpaired) electrons. The Labute approximate surface area is 163 Å². The van der Waals surface area contributed by atoms with E-state index in [-0.39, 0.29) is 12.5 Å². The maximum atomic E-state index is 13.0. The Morgan fingerprint density at radius 1 is 1.07 bits per heavy atom. The Balaban J connectivity index is 1.41. The maximum Gasteiger partial charge on any atom is 0.325 e. The van der Waals surface area contributed by atoms with Gasteiger partial charge in [-0.15, -0.1) is 0 Å². The first-order valence-corrected chi connectivity index (χ1v) is 9.30. The molecule has 4 rings (SSSR count). The van der Waals surface area contributed by atoms with Crippen LogP contribution in [-0.4, -0.2) is 43.2 Å². The molecule has 0 aromatic heterocycles. The summed E-state index contributed by atoms with van der Waals surface area (Å²) < 4.78 is 16.8. The van der Waals surface area contributed by atoms with Gasteiger partial charge in [-0.1, -0.05) is 24.3 Å². The molecule has 7 nitrogen and oxygen atoms in total. The van der Waals surface area contributed by atoms with Gasteiger partial charge in [0.15, 0.2) is 11.5 Å². The number of imide groups is 1. The van der Waals surface area contributed by atoms with Gasteiger partial charge in [0.25, 0.3) is 5.91 Å². The molecule has 0 saturated carbocycles. The van der Waals surface area contributed by atoms with Crippen molar-refractivity contribution in [1.29, 1.82) is 0 Å². The SMILES string of the molecule is C[C@@]1(c2ccc3c(c2)OCCO3)NC(=O)N(CCCOc2ccccc2)C1=O. The smallest absolute Gasteiger partial charge is 0.325 e. The van der Waals surface area contributed by atoms with Crippen molar-refractivity contribution in [3.8, 4) is 17.2 Å². The minimum atomic E-state index is -1.13. The molecule has 2 aliphatic rings. The first-order valence-electron chi connectivity index (χ1n) is 9.30. The van der Waals surface area contributed by atoms with Gasteiger partial charge >= 0.3 is 6.03 Å². The lowest BCUT2D eigenvalue weighted by atomic mass is 9.91. The summed E-state index contributed by atoms with van der Waals surface area (Å²) in [7, 11) is 0. The summed E-state index contributed by atoms with van der Waals surface area (Å²) in [6, 6.07) is 14.4. The summed E-state index contributed by atoms with van der Waals surface area (Å²) in [6.07, 6.45) is 0.547. The number of carbonyl (C=O) groups excluding carboxylic acids is 2. The Bertz CT molecular complexity index is 886. The normalized spacial score (nSPS) is 20.8. The summed E-state index contributed by atoms with van der Waals surface area (Å²) in [6.45, 7) is 3.37. The molecule has 2 aromatic rings. The molecule has 2 aliphatic heterocycles. The van der Waals surface area contributed by atoms with E-state index in [0.717, 1.165) is 5.75 Å². The number of carbonyl (C=O) groups is 2. The van der Waals surface area contributed by atoms with Gasteiger partial charge in [0.2, 0.25) is 0 Å². The Morgan fingerprint density at radius 2 is 1.82 bits per heavy atom. The number of fused-ring (bicyclic) bond motifs is 1. The highest BCUT2D eigenvalue weighted by Gasteiger charge is 2.49. The number of para-hydroxylation sites is 1. The average molecular weight is 382 g/mol. The van der Waals surface area contributed by atoms with Crippen molar-refractivity contribution in [3.05, 3.63) is 54.1 Å². The van der Waals surface area contributed by atoms with Gasteiger partial charge in [-0.2, -0.15) is 0 Å². The Morgan fingerprint density at radius 3 is 2.61 bits per heavy atom. The van der Waals surface area contributed by atoms with E-state index in [1.165, 1.54) is 4.90 Å². The number of nitrogens with one attached hydrogen (secondary N) is 1. The summed E-state index contributed by atoms with van der Waals surface area (Å²) >= 11 is 0. The minimum Gasteiger partial charge on any atom is -0.494 e. The van der Waals surface area contributed by atoms with Crippen LogP contribution in [0.3, 0.4) is 0 Å². The second-order valence-electron chi connectivity index (χ2n) is 6.89. The van der Waals surface area contributed by atoms with E-state index in [1.807, 2.05) is 30.3 Å². The van der Waals surface area contributed by atoms with Gasteiger partial charge in [0.05, 0.1) is 6.61 Å². The molecule has 0 unspecified atom stereocenters. The van der Waals surface area contributed by atoms with Crippen LogP contribution in [0, 0.1) is 0 Å². The van der Waals surface area contributed by atoms with Crippen molar-refractivity contribution in [1.82, 2.24) is 10.2 Å². The molecule has 7 heteroatoms. The van der Waals surface area contributed by atoms with Crippen LogP contribution in [0.1, 0.15) is 18.9 Å². The number of rotatable bonds is 6. The maximum absolute atomic E-state index is 13.0. The highest BCUT2D eigenvalue weighted by atomic mass is 16.6. The lowest BCUT2D eigenvalue weighted by Crippen LogP contribution is -2.41. The van der Waals surface area contributed by atoms with Crippen molar-refractivity contribution in [3.63, 3.8) is 0 Å². The molecule has 2 aromatic carbocycles. The second kappa shape index (κ2) is 7.42. The van der Waals surface area contributed by atoms with Crippen molar-refractivity contribution < 1.29 is 23.8 Å². The average Bonchev–Trinajstić information content (AvgIpc) is 2.95. The number of benzene rings is 2. The van der Waals surface area contributed by atoms with E-state index in [4.69, 9.17) is 14.2 Å². The number of urea groups is 1. The van der Waals surface area contributed by atoms with Crippen LogP contribution < -0.4 is 19.5 Å². The first-order chi connectivity index (χ1) is 13.6. The lowest BCUT2D eigenvalue weighted by Gasteiger charge is -2.25. The second-order valence-corrected chi connectivity index (χ2v) is 6.89. The first kappa shape index (κ1) is 18.2. The van der Waals surface area contributed by atoms with Crippen LogP contribution >= 0.6 is 0 Å². The lowest BCUT2D eigenvalue weighted by molar-refractivity contribution is -0.131. The summed E-state index contributed by atoms with van der Waals surface area (Å²) in [4.78, 5) is 26.7. The quantitative estimate of drug-likeness (QED) is 0.614. The van der Waals surface area contributed by atoms with Gasteiger partial charge in [0, 0.05) is 6.54 Å². The van der Waals surface area contributed by atoms with E-state index in [1.54, 1.807) is 25.1 Å². The topological polar surface area (TPSA) is 77.1 Å². The van der Waals surface area contributed by atoms with Crippen molar-refractivity contribution in [2.24, 2.45) is 0 Å². The third kappa shape index (κ3) is 3.35. The van der Waals surface area contributed by atoms with Crippen LogP contribution in [0.2, 0.25) is 0 Å². The largest absolute Gasteiger partial charge is 0.494 e. The fraction of sp³-hybridized carbons (Fsp3) is 0.333. The molecule has 1 saturated heterocycles. The van der Waals surface area contributed by atoms with Gasteiger partial charge in [-0.25, -0.2) is 4.79 Å². The zero-order chi connectivity index (χ0) is 19.6. The third-order valence-electron chi connectivity index (χ3n) is 4.93. The molecule has 1 fully saturated rings. The fourth-order valence-corrected chi connectivity index (χ4v) is 3.38. The molecular formula is C21H22N2O5. The number of hydrogen-bond donors (Lipinski definition) is 1. The van der Waals surface area contributed by atoms with E-state index in [9.17, 15) is 9.59 Å². The highest BCUT2D eigenvalue weighted by Crippen LogP contribution is 2.36. The van der Waals surface area contributed by atoms with Crippen LogP contribution in [0.25, 0.3) is 0 Å². The zero-order valence-corrected chi connectivity index (χ0v) is 15.6. The van der Waals surface area contributed by atoms with Gasteiger partial charge in [-0.3, -0.25) is 9.69 Å². The van der Waals surface area contributed by atoms with Crippen LogP contribution in [0.15, 0.2) is 48.5 Å². The molecule has 0 aliphatic carbocycles. The van der Waals surface area contributed by atoms with E-state index >= 15 is 0 Å². The standard InChI is InChI=1S/C21H22N2O5/c1-21(15-8-9-17-18(14-15)28-13-12-27-17)19(24)23(20(25)22-21)10-5-11-26-16-6-3-2-4-7-16/h2-4,6-9,14H,5,10-13H2,1H3,(H,22,25)/t21-/m0/s1. The number of nitrogens with zero attached hydrogens (tertiary/aromatic N) is 1. The summed E-state index contributed by atoms with van der Waals surface area (Å²) in [5.41, 5.74) is -0.467. The Kier molecular flexibility index (Phi) is 4.81. The predicted molar refractivity (Wildman–Crippen MR) is 102 cm³/mol. The predicted octanol–water partition coefficient (Wildman–Crippen LogP) is 2.69. The molecule has 28 heavy (non-hydrogen) atoms. The van der Waals surface area contributed by atoms with Crippen molar-refractivity contribution >= 4 is 11.9 Å². The van der Waals surface area contributed by atoms with Crippen molar-refractivity contribution in [2.75, 3.05) is 26.4 Å². The monoisotopic (exact) mass is 382 g/mol. The molecule has 0 bridgehead atoms. The van der Waals surface area contributed by atoms with E-state index in [2.05, 4.69) is 5.32 Å². The molecule has 2 heterocycles.